The molecule has 1 aromatic rings. The van der Waals surface area contributed by atoms with Crippen LogP contribution >= 0.6 is 0 Å². The van der Waals surface area contributed by atoms with Crippen LogP contribution in [0.1, 0.15) is 52.2 Å². The van der Waals surface area contributed by atoms with Gasteiger partial charge in [-0.25, -0.2) is 0 Å². The molecule has 0 aliphatic heterocycles. The normalized spacial score (nSPS) is 18.3. The third kappa shape index (κ3) is 3.51. The molecule has 0 saturated heterocycles. The highest BCUT2D eigenvalue weighted by atomic mass is 16.5. The van der Waals surface area contributed by atoms with Crippen molar-refractivity contribution in [1.82, 2.24) is 0 Å². The van der Waals surface area contributed by atoms with Crippen LogP contribution in [0.25, 0.3) is 0 Å². The fourth-order valence-corrected chi connectivity index (χ4v) is 2.47. The highest BCUT2D eigenvalue weighted by molar-refractivity contribution is 5.38. The van der Waals surface area contributed by atoms with E-state index in [1.54, 1.807) is 0 Å². The highest BCUT2D eigenvalue weighted by Gasteiger charge is 2.25. The minimum absolute atomic E-state index is 0.220. The fourth-order valence-electron chi connectivity index (χ4n) is 2.47. The number of aryl methyl sites for hydroxylation is 1. The summed E-state index contributed by atoms with van der Waals surface area (Å²) < 4.78 is 5.89. The van der Waals surface area contributed by atoms with Gasteiger partial charge in [-0.3, -0.25) is 0 Å². The lowest BCUT2D eigenvalue weighted by Gasteiger charge is -2.31. The van der Waals surface area contributed by atoms with E-state index in [-0.39, 0.29) is 5.41 Å². The number of rotatable bonds is 2. The summed E-state index contributed by atoms with van der Waals surface area (Å²) in [6.45, 7) is 12.1. The van der Waals surface area contributed by atoms with Crippen LogP contribution in [-0.2, 0) is 12.8 Å². The van der Waals surface area contributed by atoms with Gasteiger partial charge in [0.25, 0.3) is 0 Å². The first kappa shape index (κ1) is 13.5. The van der Waals surface area contributed by atoms with Crippen molar-refractivity contribution in [3.05, 3.63) is 29.3 Å². The van der Waals surface area contributed by atoms with Crippen LogP contribution in [0.2, 0.25) is 0 Å². The summed E-state index contributed by atoms with van der Waals surface area (Å²) in [5, 5.41) is 0. The Balaban J connectivity index is 2.09. The molecular weight excluding hydrogens is 220 g/mol. The van der Waals surface area contributed by atoms with Crippen LogP contribution in [-0.4, -0.2) is 6.61 Å². The van der Waals surface area contributed by atoms with Crippen molar-refractivity contribution < 1.29 is 4.74 Å². The number of benzene rings is 1. The van der Waals surface area contributed by atoms with Crippen LogP contribution in [0.5, 0.6) is 5.75 Å². The molecular formula is C17H26O. The van der Waals surface area contributed by atoms with E-state index >= 15 is 0 Å². The topological polar surface area (TPSA) is 9.23 Å². The van der Waals surface area contributed by atoms with E-state index in [1.807, 2.05) is 0 Å². The van der Waals surface area contributed by atoms with Gasteiger partial charge in [0, 0.05) is 0 Å². The molecule has 0 atom stereocenters. The number of hydrogen-bond donors (Lipinski definition) is 0. The standard InChI is InChI=1S/C17H26O/c1-16(2,3)12-18-15-7-6-14-11-17(4,5)9-8-13(14)10-15/h6-7,10H,8-9,11-12H2,1-5H3. The molecule has 1 heteroatoms. The summed E-state index contributed by atoms with van der Waals surface area (Å²) in [6.07, 6.45) is 3.67. The van der Waals surface area contributed by atoms with Crippen molar-refractivity contribution >= 4 is 0 Å². The first-order valence-corrected chi connectivity index (χ1v) is 7.00. The Labute approximate surface area is 112 Å². The second-order valence-corrected chi connectivity index (χ2v) is 7.62. The Bertz CT molecular complexity index is 424. The average molecular weight is 246 g/mol. The van der Waals surface area contributed by atoms with Gasteiger partial charge in [-0.05, 0) is 53.4 Å². The van der Waals surface area contributed by atoms with Gasteiger partial charge in [-0.15, -0.1) is 0 Å². The van der Waals surface area contributed by atoms with E-state index in [1.165, 1.54) is 30.4 Å². The smallest absolute Gasteiger partial charge is 0.119 e. The van der Waals surface area contributed by atoms with Gasteiger partial charge < -0.3 is 4.74 Å². The number of hydrogen-bond acceptors (Lipinski definition) is 1. The molecule has 0 radical (unpaired) electrons. The molecule has 100 valence electrons. The van der Waals surface area contributed by atoms with Gasteiger partial charge >= 0.3 is 0 Å². The molecule has 0 aromatic heterocycles. The SMILES string of the molecule is CC(C)(C)COc1ccc2c(c1)CCC(C)(C)C2. The predicted molar refractivity (Wildman–Crippen MR) is 77.2 cm³/mol. The largest absolute Gasteiger partial charge is 0.493 e. The highest BCUT2D eigenvalue weighted by Crippen LogP contribution is 2.36. The maximum absolute atomic E-state index is 5.89. The van der Waals surface area contributed by atoms with Crippen LogP contribution < -0.4 is 4.74 Å². The van der Waals surface area contributed by atoms with E-state index in [2.05, 4.69) is 52.8 Å². The summed E-state index contributed by atoms with van der Waals surface area (Å²) in [5.41, 5.74) is 3.67. The molecule has 1 aromatic carbocycles. The van der Waals surface area contributed by atoms with E-state index < -0.39 is 0 Å². The molecule has 18 heavy (non-hydrogen) atoms. The predicted octanol–water partition coefficient (Wildman–Crippen LogP) is 4.63. The van der Waals surface area contributed by atoms with Crippen molar-refractivity contribution in [1.29, 1.82) is 0 Å². The molecule has 0 saturated carbocycles. The summed E-state index contributed by atoms with van der Waals surface area (Å²) in [5.74, 6) is 1.03. The second-order valence-electron chi connectivity index (χ2n) is 7.62. The molecule has 1 nitrogen and oxygen atoms in total. The summed E-state index contributed by atoms with van der Waals surface area (Å²) in [6, 6.07) is 6.64. The molecule has 0 spiro atoms. The third-order valence-electron chi connectivity index (χ3n) is 3.59. The Hall–Kier alpha value is -0.980. The van der Waals surface area contributed by atoms with Gasteiger partial charge in [0.2, 0.25) is 0 Å². The number of fused-ring (bicyclic) bond motifs is 1. The monoisotopic (exact) mass is 246 g/mol. The zero-order chi connectivity index (χ0) is 13.4. The minimum Gasteiger partial charge on any atom is -0.493 e. The quantitative estimate of drug-likeness (QED) is 0.739. The first-order chi connectivity index (χ1) is 8.25. The Kier molecular flexibility index (Phi) is 3.44. The van der Waals surface area contributed by atoms with Gasteiger partial charge in [0.05, 0.1) is 6.61 Å². The van der Waals surface area contributed by atoms with E-state index in [0.717, 1.165) is 12.4 Å². The van der Waals surface area contributed by atoms with Crippen LogP contribution in [0.3, 0.4) is 0 Å². The van der Waals surface area contributed by atoms with Crippen molar-refractivity contribution in [2.24, 2.45) is 10.8 Å². The molecule has 0 N–H and O–H groups in total. The molecule has 1 aliphatic carbocycles. The van der Waals surface area contributed by atoms with Crippen molar-refractivity contribution in [2.75, 3.05) is 6.61 Å². The third-order valence-corrected chi connectivity index (χ3v) is 3.59. The molecule has 0 fully saturated rings. The van der Waals surface area contributed by atoms with Crippen LogP contribution in [0, 0.1) is 10.8 Å². The average Bonchev–Trinajstić information content (AvgIpc) is 2.24. The lowest BCUT2D eigenvalue weighted by molar-refractivity contribution is 0.197. The van der Waals surface area contributed by atoms with Crippen LogP contribution in [0.15, 0.2) is 18.2 Å². The van der Waals surface area contributed by atoms with Crippen LogP contribution in [0.4, 0.5) is 0 Å². The molecule has 0 bridgehead atoms. The molecule has 0 amide bonds. The molecule has 1 aliphatic rings. The van der Waals surface area contributed by atoms with Crippen molar-refractivity contribution in [3.63, 3.8) is 0 Å². The maximum Gasteiger partial charge on any atom is 0.119 e. The van der Waals surface area contributed by atoms with Crippen molar-refractivity contribution in [3.8, 4) is 5.75 Å². The zero-order valence-electron chi connectivity index (χ0n) is 12.5. The second kappa shape index (κ2) is 4.60. The van der Waals surface area contributed by atoms with Crippen molar-refractivity contribution in [2.45, 2.75) is 53.9 Å². The Morgan fingerprint density at radius 2 is 1.89 bits per heavy atom. The first-order valence-electron chi connectivity index (χ1n) is 7.00. The van der Waals surface area contributed by atoms with E-state index in [9.17, 15) is 0 Å². The fraction of sp³-hybridized carbons (Fsp3) is 0.647. The molecule has 2 rings (SSSR count). The zero-order valence-corrected chi connectivity index (χ0v) is 12.5. The van der Waals surface area contributed by atoms with Gasteiger partial charge in [-0.1, -0.05) is 40.7 Å². The van der Waals surface area contributed by atoms with E-state index in [4.69, 9.17) is 4.74 Å². The lowest BCUT2D eigenvalue weighted by Crippen LogP contribution is -2.22. The molecule has 0 unspecified atom stereocenters. The van der Waals surface area contributed by atoms with E-state index in [0.29, 0.717) is 5.41 Å². The molecule has 0 heterocycles. The lowest BCUT2D eigenvalue weighted by atomic mass is 9.74. The number of ether oxygens (including phenoxy) is 1. The summed E-state index contributed by atoms with van der Waals surface area (Å²) >= 11 is 0. The van der Waals surface area contributed by atoms with Gasteiger partial charge in [0.1, 0.15) is 5.75 Å². The Morgan fingerprint density at radius 1 is 1.17 bits per heavy atom. The van der Waals surface area contributed by atoms with Gasteiger partial charge in [-0.2, -0.15) is 0 Å². The maximum atomic E-state index is 5.89. The van der Waals surface area contributed by atoms with Gasteiger partial charge in [0.15, 0.2) is 0 Å². The summed E-state index contributed by atoms with van der Waals surface area (Å²) in [7, 11) is 0. The Morgan fingerprint density at radius 3 is 2.56 bits per heavy atom. The summed E-state index contributed by atoms with van der Waals surface area (Å²) in [4.78, 5) is 0. The minimum atomic E-state index is 0.220.